The lowest BCUT2D eigenvalue weighted by atomic mass is 10.0. The first-order chi connectivity index (χ1) is 28.7. The van der Waals surface area contributed by atoms with Crippen molar-refractivity contribution in [3.63, 3.8) is 0 Å². The van der Waals surface area contributed by atoms with Crippen LogP contribution in [0.3, 0.4) is 0 Å². The number of aromatic amines is 2. The Labute approximate surface area is 348 Å². The molecule has 0 saturated carbocycles. The number of thioether (sulfide) groups is 1. The number of likely N-dealkylation sites (tertiary alicyclic amines) is 1. The largest absolute Gasteiger partial charge is 0.453 e. The molecule has 4 atom stereocenters. The minimum absolute atomic E-state index is 0.0788. The van der Waals surface area contributed by atoms with Gasteiger partial charge >= 0.3 is 12.2 Å². The number of carbonyl (C=O) groups is 3. The highest BCUT2D eigenvalue weighted by Gasteiger charge is 2.42. The first-order valence-electron chi connectivity index (χ1n) is 19.6. The van der Waals surface area contributed by atoms with Gasteiger partial charge in [-0.05, 0) is 64.3 Å². The molecular weight excluding hydrogens is 765 g/mol. The average molecular weight is 813 g/mol. The first-order valence-corrected chi connectivity index (χ1v) is 20.6. The Balaban J connectivity index is 1.02. The summed E-state index contributed by atoms with van der Waals surface area (Å²) in [6.45, 7) is 12.0. The minimum Gasteiger partial charge on any atom is -0.453 e. The number of nitrogens with zero attached hydrogens (tertiary/aromatic N) is 5. The third-order valence-electron chi connectivity index (χ3n) is 10.6. The third-order valence-corrected chi connectivity index (χ3v) is 12.0. The predicted octanol–water partition coefficient (Wildman–Crippen LogP) is 8.80. The second-order valence-electron chi connectivity index (χ2n) is 14.7. The van der Waals surface area contributed by atoms with Crippen molar-refractivity contribution in [2.45, 2.75) is 50.2 Å². The van der Waals surface area contributed by atoms with Crippen molar-refractivity contribution in [3.05, 3.63) is 140 Å². The fraction of sp³-hybridized carbons (Fsp3) is 0.289. The summed E-state index contributed by atoms with van der Waals surface area (Å²) in [7, 11) is 1.29. The van der Waals surface area contributed by atoms with Crippen molar-refractivity contribution in [2.75, 3.05) is 26.0 Å². The number of hydrogen-bond donors (Lipinski definition) is 3. The number of imidazole rings is 2. The van der Waals surface area contributed by atoms with Crippen molar-refractivity contribution >= 4 is 29.9 Å². The number of H-pyrrole nitrogens is 2. The molecule has 5 heterocycles. The molecule has 0 spiro atoms. The molecule has 3 N–H and O–H groups in total. The van der Waals surface area contributed by atoms with E-state index in [1.807, 2.05) is 30.9 Å². The second-order valence-corrected chi connectivity index (χ2v) is 15.8. The quantitative estimate of drug-likeness (QED) is 0.0989. The zero-order valence-electron chi connectivity index (χ0n) is 33.3. The summed E-state index contributed by atoms with van der Waals surface area (Å²) in [5.74, 6) is 1.78. The summed E-state index contributed by atoms with van der Waals surface area (Å²) in [5, 5.41) is 2.43. The SMILES string of the molecule is C=C/C=C(\C=C)COC(=O)N1C(c2ccncc2)SC[C@H]1c1ncc(-c2ccc(-c3ccc(-c4cnc([C@@H]5CCCN5C(=O)[C@@H](NC(=O)OC)C(C)C)[nH]4)cc3)cc2)[nH]1. The lowest BCUT2D eigenvalue weighted by Gasteiger charge is -2.30. The van der Waals surface area contributed by atoms with E-state index in [9.17, 15) is 14.4 Å². The Morgan fingerprint density at radius 3 is 2.05 bits per heavy atom. The van der Waals surface area contributed by atoms with E-state index in [1.54, 1.807) is 59.7 Å². The Bertz CT molecular complexity index is 2300. The van der Waals surface area contributed by atoms with E-state index in [1.165, 1.54) is 7.11 Å². The maximum absolute atomic E-state index is 13.7. The number of benzene rings is 2. The number of pyridine rings is 1. The molecule has 5 aromatic rings. The van der Waals surface area contributed by atoms with Gasteiger partial charge in [-0.15, -0.1) is 11.8 Å². The fourth-order valence-corrected chi connectivity index (χ4v) is 8.88. The Hall–Kier alpha value is -6.41. The van der Waals surface area contributed by atoms with Gasteiger partial charge in [-0.25, -0.2) is 19.6 Å². The number of carbonyl (C=O) groups excluding carboxylic acids is 3. The molecule has 0 bridgehead atoms. The number of amides is 3. The van der Waals surface area contributed by atoms with E-state index in [-0.39, 0.29) is 35.9 Å². The van der Waals surface area contributed by atoms with E-state index >= 15 is 0 Å². The van der Waals surface area contributed by atoms with Crippen LogP contribution < -0.4 is 5.32 Å². The van der Waals surface area contributed by atoms with Gasteiger partial charge in [0.2, 0.25) is 5.91 Å². The van der Waals surface area contributed by atoms with Gasteiger partial charge in [0.25, 0.3) is 0 Å². The predicted molar refractivity (Wildman–Crippen MR) is 229 cm³/mol. The topological polar surface area (TPSA) is 158 Å². The number of hydrogen-bond acceptors (Lipinski definition) is 9. The zero-order valence-corrected chi connectivity index (χ0v) is 34.2. The lowest BCUT2D eigenvalue weighted by Crippen LogP contribution is -2.51. The zero-order chi connectivity index (χ0) is 41.5. The molecule has 3 amide bonds. The molecule has 2 aromatic carbocycles. The van der Waals surface area contributed by atoms with Gasteiger partial charge in [-0.1, -0.05) is 93.8 Å². The molecule has 59 heavy (non-hydrogen) atoms. The molecule has 13 nitrogen and oxygen atoms in total. The van der Waals surface area contributed by atoms with Gasteiger partial charge in [0, 0.05) is 24.7 Å². The monoisotopic (exact) mass is 812 g/mol. The van der Waals surface area contributed by atoms with Crippen LogP contribution in [-0.2, 0) is 14.3 Å². The maximum Gasteiger partial charge on any atom is 0.411 e. The van der Waals surface area contributed by atoms with Gasteiger partial charge in [0.05, 0.1) is 36.9 Å². The van der Waals surface area contributed by atoms with Crippen molar-refractivity contribution < 1.29 is 23.9 Å². The van der Waals surface area contributed by atoms with E-state index < -0.39 is 18.2 Å². The number of methoxy groups -OCH3 is 1. The normalized spacial score (nSPS) is 18.4. The van der Waals surface area contributed by atoms with Crippen LogP contribution in [0.15, 0.2) is 122 Å². The van der Waals surface area contributed by atoms with E-state index in [2.05, 4.69) is 86.9 Å². The van der Waals surface area contributed by atoms with Crippen LogP contribution in [0.25, 0.3) is 33.6 Å². The van der Waals surface area contributed by atoms with Crippen LogP contribution in [-0.4, -0.2) is 84.9 Å². The third kappa shape index (κ3) is 9.02. The molecular formula is C45H48N8O5S. The minimum atomic E-state index is -0.690. The van der Waals surface area contributed by atoms with Crippen LogP contribution in [0.4, 0.5) is 9.59 Å². The number of nitrogens with one attached hydrogen (secondary N) is 3. The lowest BCUT2D eigenvalue weighted by molar-refractivity contribution is -0.135. The van der Waals surface area contributed by atoms with E-state index in [0.717, 1.165) is 63.4 Å². The van der Waals surface area contributed by atoms with Gasteiger partial charge in [-0.2, -0.15) is 0 Å². The van der Waals surface area contributed by atoms with Gasteiger partial charge in [0.1, 0.15) is 35.7 Å². The molecule has 3 aromatic heterocycles. The van der Waals surface area contributed by atoms with Crippen LogP contribution in [0, 0.1) is 5.92 Å². The number of alkyl carbamates (subject to hydrolysis) is 1. The summed E-state index contributed by atoms with van der Waals surface area (Å²) in [6.07, 6.45) is 12.7. The number of allylic oxidation sites excluding steroid dienone is 2. The standard InChI is InChI=1S/C45H48N8O5S/c1-6-9-29(7-2)26-58-45(56)53-38(27-59-43(53)34-19-21-46-22-20-34)41-48-25-36(50-41)33-17-13-31(14-18-33)30-11-15-32(16-12-30)35-24-47-40(49-35)37-10-8-23-52(37)42(54)39(28(3)4)51-44(55)57-5/h6-7,9,11-22,24-25,28,37-39,43H,1-2,8,10,23,26-27H2,3-5H3,(H,47,49)(H,48,50)(H,51,55)/b29-9+/t37-,38-,39-,43?/m0/s1. The van der Waals surface area contributed by atoms with Gasteiger partial charge in [0.15, 0.2) is 0 Å². The van der Waals surface area contributed by atoms with Crippen LogP contribution in [0.5, 0.6) is 0 Å². The summed E-state index contributed by atoms with van der Waals surface area (Å²) in [6, 6.07) is 19.1. The highest BCUT2D eigenvalue weighted by Crippen LogP contribution is 2.47. The smallest absolute Gasteiger partial charge is 0.411 e. The van der Waals surface area contributed by atoms with Crippen molar-refractivity contribution in [1.82, 2.24) is 40.0 Å². The molecule has 2 aliphatic rings. The molecule has 0 radical (unpaired) electrons. The van der Waals surface area contributed by atoms with E-state index in [0.29, 0.717) is 18.1 Å². The molecule has 304 valence electrons. The Kier molecular flexibility index (Phi) is 12.8. The van der Waals surface area contributed by atoms with Crippen molar-refractivity contribution in [2.24, 2.45) is 5.92 Å². The molecule has 7 rings (SSSR count). The highest BCUT2D eigenvalue weighted by atomic mass is 32.2. The molecule has 1 unspecified atom stereocenters. The number of rotatable bonds is 13. The maximum atomic E-state index is 13.7. The summed E-state index contributed by atoms with van der Waals surface area (Å²) >= 11 is 1.65. The Morgan fingerprint density at radius 2 is 1.49 bits per heavy atom. The summed E-state index contributed by atoms with van der Waals surface area (Å²) in [5.41, 5.74) is 7.44. The van der Waals surface area contributed by atoms with Crippen molar-refractivity contribution in [3.8, 4) is 33.6 Å². The Morgan fingerprint density at radius 1 is 0.898 bits per heavy atom. The number of aromatic nitrogens is 5. The molecule has 2 saturated heterocycles. The summed E-state index contributed by atoms with van der Waals surface area (Å²) in [4.78, 5) is 63.3. The molecule has 2 aliphatic heterocycles. The van der Waals surface area contributed by atoms with Gasteiger partial charge in [-0.3, -0.25) is 14.7 Å². The number of ether oxygens (including phenoxy) is 2. The molecule has 2 fully saturated rings. The average Bonchev–Trinajstić information content (AvgIpc) is 4.11. The van der Waals surface area contributed by atoms with Crippen LogP contribution in [0.2, 0.25) is 0 Å². The van der Waals surface area contributed by atoms with E-state index in [4.69, 9.17) is 14.5 Å². The van der Waals surface area contributed by atoms with Crippen LogP contribution >= 0.6 is 11.8 Å². The van der Waals surface area contributed by atoms with Crippen molar-refractivity contribution in [1.29, 1.82) is 0 Å². The molecule has 0 aliphatic carbocycles. The summed E-state index contributed by atoms with van der Waals surface area (Å²) < 4.78 is 10.5. The van der Waals surface area contributed by atoms with Crippen LogP contribution in [0.1, 0.15) is 61.4 Å². The molecule has 14 heteroatoms. The second kappa shape index (κ2) is 18.5. The highest BCUT2D eigenvalue weighted by molar-refractivity contribution is 7.99. The van der Waals surface area contributed by atoms with Gasteiger partial charge < -0.3 is 29.7 Å². The first kappa shape index (κ1) is 40.8. The fourth-order valence-electron chi connectivity index (χ4n) is 7.45.